The SMILES string of the molecule is COC(=O)c1c(C)nc(C)c([P+]2(O)OCC(C)(C)CO2)c1-c1ccccc1[N+](=O)[O-]. The lowest BCUT2D eigenvalue weighted by atomic mass is 9.96. The average Bonchev–Trinajstić information content (AvgIpc) is 2.69. The molecule has 30 heavy (non-hydrogen) atoms. The topological polar surface area (TPSA) is 121 Å². The highest BCUT2D eigenvalue weighted by Gasteiger charge is 2.55. The number of para-hydroxylation sites is 1. The van der Waals surface area contributed by atoms with Crippen molar-refractivity contribution in [2.45, 2.75) is 27.7 Å². The Kier molecular flexibility index (Phi) is 5.93. The average molecular weight is 435 g/mol. The van der Waals surface area contributed by atoms with Gasteiger partial charge in [-0.05, 0) is 19.9 Å². The van der Waals surface area contributed by atoms with E-state index in [9.17, 15) is 19.8 Å². The first-order valence-corrected chi connectivity index (χ1v) is 10.8. The van der Waals surface area contributed by atoms with Gasteiger partial charge in [-0.3, -0.25) is 15.1 Å². The van der Waals surface area contributed by atoms with Crippen molar-refractivity contribution < 1.29 is 28.4 Å². The van der Waals surface area contributed by atoms with Crippen molar-refractivity contribution in [1.29, 1.82) is 0 Å². The molecule has 10 heteroatoms. The number of esters is 1. The number of hydrogen-bond donors (Lipinski definition) is 1. The van der Waals surface area contributed by atoms with Crippen LogP contribution >= 0.6 is 7.94 Å². The van der Waals surface area contributed by atoms with Crippen molar-refractivity contribution in [2.75, 3.05) is 20.3 Å². The molecule has 9 nitrogen and oxygen atoms in total. The van der Waals surface area contributed by atoms with E-state index in [1.54, 1.807) is 19.9 Å². The molecule has 0 atom stereocenters. The zero-order valence-corrected chi connectivity index (χ0v) is 18.4. The number of ether oxygens (including phenoxy) is 1. The highest BCUT2D eigenvalue weighted by atomic mass is 31.2. The third kappa shape index (κ3) is 3.94. The van der Waals surface area contributed by atoms with Crippen molar-refractivity contribution in [3.63, 3.8) is 0 Å². The van der Waals surface area contributed by atoms with Gasteiger partial charge in [0, 0.05) is 11.5 Å². The number of rotatable bonds is 4. The zero-order chi connectivity index (χ0) is 22.3. The Morgan fingerprint density at radius 3 is 2.40 bits per heavy atom. The predicted molar refractivity (Wildman–Crippen MR) is 112 cm³/mol. The quantitative estimate of drug-likeness (QED) is 0.335. The van der Waals surface area contributed by atoms with E-state index in [4.69, 9.17) is 13.8 Å². The fourth-order valence-electron chi connectivity index (χ4n) is 3.38. The number of nitrogens with zero attached hydrogens (tertiary/aromatic N) is 2. The van der Waals surface area contributed by atoms with E-state index in [1.165, 1.54) is 25.3 Å². The Morgan fingerprint density at radius 2 is 1.83 bits per heavy atom. The standard InChI is InChI=1S/C20H24N2O7P/c1-12-16(19(23)27-5)17(14-8-6-7-9-15(14)22(24)25)18(13(2)21-12)30(26)28-10-20(3,4)11-29-30/h6-9,26H,10-11H2,1-5H3/q+1. The van der Waals surface area contributed by atoms with Gasteiger partial charge < -0.3 is 4.74 Å². The molecule has 3 rings (SSSR count). The molecular formula is C20H24N2O7P+. The lowest BCUT2D eigenvalue weighted by molar-refractivity contribution is -0.384. The molecule has 0 bridgehead atoms. The normalized spacial score (nSPS) is 17.4. The Labute approximate surface area is 174 Å². The summed E-state index contributed by atoms with van der Waals surface area (Å²) in [6.45, 7) is 7.55. The molecule has 1 fully saturated rings. The van der Waals surface area contributed by atoms with E-state index >= 15 is 0 Å². The first kappa shape index (κ1) is 22.2. The minimum atomic E-state index is -3.68. The maximum atomic E-state index is 12.7. The molecule has 0 amide bonds. The molecule has 1 saturated heterocycles. The van der Waals surface area contributed by atoms with Gasteiger partial charge in [-0.25, -0.2) is 4.79 Å². The highest BCUT2D eigenvalue weighted by Crippen LogP contribution is 2.62. The van der Waals surface area contributed by atoms with Gasteiger partial charge in [-0.2, -0.15) is 13.9 Å². The number of benzene rings is 1. The first-order valence-electron chi connectivity index (χ1n) is 9.25. The van der Waals surface area contributed by atoms with Crippen LogP contribution in [-0.4, -0.2) is 41.1 Å². The number of hydrogen-bond acceptors (Lipinski definition) is 8. The largest absolute Gasteiger partial charge is 0.465 e. The second kappa shape index (κ2) is 8.00. The number of aryl methyl sites for hydroxylation is 2. The molecule has 0 saturated carbocycles. The van der Waals surface area contributed by atoms with Gasteiger partial charge in [0.25, 0.3) is 5.69 Å². The lowest BCUT2D eigenvalue weighted by Crippen LogP contribution is -2.36. The van der Waals surface area contributed by atoms with Crippen LogP contribution in [0.5, 0.6) is 0 Å². The Bertz CT molecular complexity index is 1010. The van der Waals surface area contributed by atoms with E-state index in [-0.39, 0.29) is 46.3 Å². The van der Waals surface area contributed by atoms with Gasteiger partial charge in [-0.15, -0.1) is 0 Å². The summed E-state index contributed by atoms with van der Waals surface area (Å²) in [6, 6.07) is 5.99. The maximum Gasteiger partial charge on any atom is 0.448 e. The molecule has 1 aromatic carbocycles. The van der Waals surface area contributed by atoms with Crippen molar-refractivity contribution >= 4 is 24.9 Å². The number of pyridine rings is 1. The number of nitro benzene ring substituents is 1. The summed E-state index contributed by atoms with van der Waals surface area (Å²) < 4.78 is 16.5. The van der Waals surface area contributed by atoms with Crippen LogP contribution in [0, 0.1) is 29.4 Å². The number of aromatic nitrogens is 1. The number of methoxy groups -OCH3 is 1. The van der Waals surface area contributed by atoms with Gasteiger partial charge in [0.05, 0.1) is 40.1 Å². The Morgan fingerprint density at radius 1 is 1.23 bits per heavy atom. The van der Waals surface area contributed by atoms with Crippen LogP contribution < -0.4 is 5.30 Å². The molecule has 0 spiro atoms. The predicted octanol–water partition coefficient (Wildman–Crippen LogP) is 3.51. The molecule has 0 unspecified atom stereocenters. The van der Waals surface area contributed by atoms with Gasteiger partial charge >= 0.3 is 13.9 Å². The number of carbonyl (C=O) groups excluding carboxylic acids is 1. The first-order chi connectivity index (χ1) is 14.0. The second-order valence-electron chi connectivity index (χ2n) is 7.88. The summed E-state index contributed by atoms with van der Waals surface area (Å²) in [5, 5.41) is 11.9. The third-order valence-electron chi connectivity index (χ3n) is 4.83. The molecule has 0 aliphatic carbocycles. The summed E-state index contributed by atoms with van der Waals surface area (Å²) in [7, 11) is -2.46. The van der Waals surface area contributed by atoms with Crippen molar-refractivity contribution in [3.05, 3.63) is 51.3 Å². The highest BCUT2D eigenvalue weighted by molar-refractivity contribution is 7.69. The van der Waals surface area contributed by atoms with E-state index < -0.39 is 18.8 Å². The van der Waals surface area contributed by atoms with Crippen LogP contribution in [0.15, 0.2) is 24.3 Å². The second-order valence-corrected chi connectivity index (χ2v) is 9.88. The zero-order valence-electron chi connectivity index (χ0n) is 17.5. The van der Waals surface area contributed by atoms with Gasteiger partial charge in [0.2, 0.25) is 5.30 Å². The minimum Gasteiger partial charge on any atom is -0.465 e. The summed E-state index contributed by atoms with van der Waals surface area (Å²) >= 11 is 0. The summed E-state index contributed by atoms with van der Waals surface area (Å²) in [6.07, 6.45) is 0. The van der Waals surface area contributed by atoms with E-state index in [2.05, 4.69) is 4.98 Å². The van der Waals surface area contributed by atoms with Gasteiger partial charge in [-0.1, -0.05) is 26.0 Å². The monoisotopic (exact) mass is 435 g/mol. The van der Waals surface area contributed by atoms with Gasteiger partial charge in [0.1, 0.15) is 13.2 Å². The smallest absolute Gasteiger partial charge is 0.448 e. The molecule has 1 N–H and O–H groups in total. The van der Waals surface area contributed by atoms with E-state index in [0.29, 0.717) is 11.4 Å². The fourth-order valence-corrected chi connectivity index (χ4v) is 5.73. The summed E-state index contributed by atoms with van der Waals surface area (Å²) in [5.74, 6) is -0.724. The molecule has 1 aromatic heterocycles. The number of carbonyl (C=O) groups is 1. The summed E-state index contributed by atoms with van der Waals surface area (Å²) in [5.41, 5.74) is 0.467. The molecule has 2 heterocycles. The lowest BCUT2D eigenvalue weighted by Gasteiger charge is -2.32. The molecule has 2 aromatic rings. The molecule has 0 radical (unpaired) electrons. The fraction of sp³-hybridized carbons (Fsp3) is 0.400. The minimum absolute atomic E-state index is 0.0258. The third-order valence-corrected chi connectivity index (χ3v) is 6.90. The van der Waals surface area contributed by atoms with Crippen LogP contribution in [0.4, 0.5) is 5.69 Å². The van der Waals surface area contributed by atoms with Crippen molar-refractivity contribution in [2.24, 2.45) is 5.41 Å². The van der Waals surface area contributed by atoms with Crippen LogP contribution in [0.1, 0.15) is 35.6 Å². The van der Waals surface area contributed by atoms with Crippen LogP contribution in [0.25, 0.3) is 11.1 Å². The van der Waals surface area contributed by atoms with Gasteiger partial charge in [0.15, 0.2) is 0 Å². The van der Waals surface area contributed by atoms with Crippen LogP contribution in [0.2, 0.25) is 0 Å². The van der Waals surface area contributed by atoms with Crippen molar-refractivity contribution in [1.82, 2.24) is 4.98 Å². The summed E-state index contributed by atoms with van der Waals surface area (Å²) in [4.78, 5) is 39.7. The van der Waals surface area contributed by atoms with Crippen LogP contribution in [0.3, 0.4) is 0 Å². The Hall–Kier alpha value is -2.45. The van der Waals surface area contributed by atoms with E-state index in [1.807, 2.05) is 13.8 Å². The maximum absolute atomic E-state index is 12.7. The van der Waals surface area contributed by atoms with Crippen molar-refractivity contribution in [3.8, 4) is 11.1 Å². The molecular weight excluding hydrogens is 411 g/mol. The Balaban J connectivity index is 2.39. The van der Waals surface area contributed by atoms with E-state index in [0.717, 1.165) is 0 Å². The van der Waals surface area contributed by atoms with Crippen LogP contribution in [-0.2, 0) is 13.8 Å². The molecule has 160 valence electrons. The molecule has 1 aliphatic heterocycles. The number of nitro groups is 1. The molecule has 1 aliphatic rings.